The zero-order valence-corrected chi connectivity index (χ0v) is 10.6. The van der Waals surface area contributed by atoms with Gasteiger partial charge in [-0.2, -0.15) is 0 Å². The molecule has 0 radical (unpaired) electrons. The summed E-state index contributed by atoms with van der Waals surface area (Å²) in [5.74, 6) is 0. The Morgan fingerprint density at radius 1 is 1.06 bits per heavy atom. The molecule has 88 valence electrons. The van der Waals surface area contributed by atoms with Crippen LogP contribution in [0.5, 0.6) is 0 Å². The Hall–Kier alpha value is -1.34. The molecular weight excluding hydrogens is 206 g/mol. The molecule has 2 aromatic rings. The maximum atomic E-state index is 3.48. The maximum absolute atomic E-state index is 3.48. The summed E-state index contributed by atoms with van der Waals surface area (Å²) in [5, 5.41) is 6.31. The zero-order chi connectivity index (χ0) is 11.9. The van der Waals surface area contributed by atoms with Gasteiger partial charge in [-0.25, -0.2) is 0 Å². The van der Waals surface area contributed by atoms with Crippen LogP contribution in [-0.4, -0.2) is 12.6 Å². The van der Waals surface area contributed by atoms with E-state index in [1.165, 1.54) is 34.7 Å². The average molecular weight is 225 g/mol. The van der Waals surface area contributed by atoms with Crippen molar-refractivity contribution >= 4 is 10.8 Å². The van der Waals surface area contributed by atoms with Crippen LogP contribution in [0.2, 0.25) is 0 Å². The summed E-state index contributed by atoms with van der Waals surface area (Å²) in [7, 11) is 2.09. The molecule has 0 bridgehead atoms. The first-order valence-corrected chi connectivity index (χ1v) is 6.40. The molecule has 1 heteroatoms. The van der Waals surface area contributed by atoms with Crippen LogP contribution >= 0.6 is 0 Å². The van der Waals surface area contributed by atoms with Gasteiger partial charge in [0.1, 0.15) is 0 Å². The summed E-state index contributed by atoms with van der Waals surface area (Å²) in [6, 6.07) is 13.3. The van der Waals surface area contributed by atoms with Crippen LogP contribution in [0.3, 0.4) is 0 Å². The third kappa shape index (κ3) is 1.85. The van der Waals surface area contributed by atoms with E-state index in [0.29, 0.717) is 5.54 Å². The van der Waals surface area contributed by atoms with E-state index >= 15 is 0 Å². The number of fused-ring (bicyclic) bond motifs is 1. The second kappa shape index (κ2) is 3.85. The Labute approximate surface area is 103 Å². The maximum Gasteiger partial charge on any atom is 0.0220 e. The topological polar surface area (TPSA) is 12.0 Å². The third-order valence-electron chi connectivity index (χ3n) is 4.15. The van der Waals surface area contributed by atoms with Crippen molar-refractivity contribution in [1.82, 2.24) is 5.32 Å². The van der Waals surface area contributed by atoms with Crippen molar-refractivity contribution in [3.8, 4) is 0 Å². The second-order valence-corrected chi connectivity index (χ2v) is 5.29. The average Bonchev–Trinajstić information content (AvgIpc) is 3.14. The van der Waals surface area contributed by atoms with Gasteiger partial charge in [0.2, 0.25) is 0 Å². The van der Waals surface area contributed by atoms with Crippen molar-refractivity contribution in [1.29, 1.82) is 0 Å². The molecule has 0 spiro atoms. The zero-order valence-electron chi connectivity index (χ0n) is 10.6. The van der Waals surface area contributed by atoms with Crippen LogP contribution < -0.4 is 5.32 Å². The Morgan fingerprint density at radius 2 is 1.76 bits per heavy atom. The lowest BCUT2D eigenvalue weighted by atomic mass is 9.95. The fourth-order valence-corrected chi connectivity index (χ4v) is 2.70. The van der Waals surface area contributed by atoms with Crippen LogP contribution in [0.4, 0.5) is 0 Å². The number of hydrogen-bond donors (Lipinski definition) is 1. The molecule has 1 N–H and O–H groups in total. The predicted octanol–water partition coefficient (Wildman–Crippen LogP) is 3.44. The SMILES string of the molecule is CNC1(Cc2ccc(C)c3ccccc23)CC1. The molecule has 3 rings (SSSR count). The Bertz CT molecular complexity index is 552. The van der Waals surface area contributed by atoms with E-state index in [9.17, 15) is 0 Å². The van der Waals surface area contributed by atoms with Crippen molar-refractivity contribution < 1.29 is 0 Å². The molecule has 0 amide bonds. The Balaban J connectivity index is 2.08. The van der Waals surface area contributed by atoms with Gasteiger partial charge < -0.3 is 5.32 Å². The fraction of sp³-hybridized carbons (Fsp3) is 0.375. The number of rotatable bonds is 3. The number of benzene rings is 2. The van der Waals surface area contributed by atoms with E-state index in [1.54, 1.807) is 0 Å². The first-order chi connectivity index (χ1) is 8.24. The highest BCUT2D eigenvalue weighted by Gasteiger charge is 2.40. The van der Waals surface area contributed by atoms with E-state index in [4.69, 9.17) is 0 Å². The van der Waals surface area contributed by atoms with Gasteiger partial charge in [-0.15, -0.1) is 0 Å². The molecule has 1 fully saturated rings. The fourth-order valence-electron chi connectivity index (χ4n) is 2.70. The predicted molar refractivity (Wildman–Crippen MR) is 73.4 cm³/mol. The lowest BCUT2D eigenvalue weighted by Gasteiger charge is -2.16. The standard InChI is InChI=1S/C16H19N/c1-12-7-8-13(11-16(17-2)9-10-16)15-6-4-3-5-14(12)15/h3-8,17H,9-11H2,1-2H3. The molecule has 1 nitrogen and oxygen atoms in total. The molecule has 0 saturated heterocycles. The van der Waals surface area contributed by atoms with Crippen molar-refractivity contribution in [2.75, 3.05) is 7.05 Å². The monoisotopic (exact) mass is 225 g/mol. The molecule has 0 atom stereocenters. The van der Waals surface area contributed by atoms with Crippen molar-refractivity contribution in [3.05, 3.63) is 47.5 Å². The highest BCUT2D eigenvalue weighted by molar-refractivity contribution is 5.88. The number of nitrogens with one attached hydrogen (secondary N) is 1. The molecule has 2 aromatic carbocycles. The van der Waals surface area contributed by atoms with Crippen LogP contribution in [0.25, 0.3) is 10.8 Å². The molecule has 17 heavy (non-hydrogen) atoms. The highest BCUT2D eigenvalue weighted by atomic mass is 15.0. The van der Waals surface area contributed by atoms with Gasteiger partial charge >= 0.3 is 0 Å². The normalized spacial score (nSPS) is 17.3. The van der Waals surface area contributed by atoms with E-state index in [0.717, 1.165) is 6.42 Å². The van der Waals surface area contributed by atoms with Crippen LogP contribution in [-0.2, 0) is 6.42 Å². The molecule has 0 unspecified atom stereocenters. The first-order valence-electron chi connectivity index (χ1n) is 6.40. The Kier molecular flexibility index (Phi) is 2.44. The summed E-state index contributed by atoms with van der Waals surface area (Å²) < 4.78 is 0. The minimum Gasteiger partial charge on any atom is -0.314 e. The van der Waals surface area contributed by atoms with Crippen molar-refractivity contribution in [2.24, 2.45) is 0 Å². The molecule has 1 aliphatic rings. The summed E-state index contributed by atoms with van der Waals surface area (Å²) in [4.78, 5) is 0. The van der Waals surface area contributed by atoms with Crippen LogP contribution in [0, 0.1) is 6.92 Å². The van der Waals surface area contributed by atoms with E-state index in [2.05, 4.69) is 55.7 Å². The molecule has 1 aliphatic carbocycles. The lowest BCUT2D eigenvalue weighted by Crippen LogP contribution is -2.29. The third-order valence-corrected chi connectivity index (χ3v) is 4.15. The Morgan fingerprint density at radius 3 is 2.41 bits per heavy atom. The number of likely N-dealkylation sites (N-methyl/N-ethyl adjacent to an activating group) is 1. The van der Waals surface area contributed by atoms with E-state index in [1.807, 2.05) is 0 Å². The summed E-state index contributed by atoms with van der Waals surface area (Å²) in [5.41, 5.74) is 3.24. The number of aryl methyl sites for hydroxylation is 1. The van der Waals surface area contributed by atoms with Gasteiger partial charge in [0, 0.05) is 5.54 Å². The minimum absolute atomic E-state index is 0.387. The minimum atomic E-state index is 0.387. The smallest absolute Gasteiger partial charge is 0.0220 e. The van der Waals surface area contributed by atoms with E-state index < -0.39 is 0 Å². The largest absolute Gasteiger partial charge is 0.314 e. The van der Waals surface area contributed by atoms with Crippen LogP contribution in [0.15, 0.2) is 36.4 Å². The van der Waals surface area contributed by atoms with Gasteiger partial charge in [-0.05, 0) is 55.1 Å². The van der Waals surface area contributed by atoms with Crippen molar-refractivity contribution in [2.45, 2.75) is 31.7 Å². The highest BCUT2D eigenvalue weighted by Crippen LogP contribution is 2.39. The molecule has 0 aromatic heterocycles. The van der Waals surface area contributed by atoms with Gasteiger partial charge in [0.15, 0.2) is 0 Å². The summed E-state index contributed by atoms with van der Waals surface area (Å²) in [6.07, 6.45) is 3.78. The summed E-state index contributed by atoms with van der Waals surface area (Å²) in [6.45, 7) is 2.19. The number of hydrogen-bond acceptors (Lipinski definition) is 1. The molecular formula is C16H19N. The summed E-state index contributed by atoms with van der Waals surface area (Å²) >= 11 is 0. The van der Waals surface area contributed by atoms with Gasteiger partial charge in [0.05, 0.1) is 0 Å². The van der Waals surface area contributed by atoms with Crippen molar-refractivity contribution in [3.63, 3.8) is 0 Å². The van der Waals surface area contributed by atoms with Gasteiger partial charge in [-0.1, -0.05) is 36.4 Å². The van der Waals surface area contributed by atoms with E-state index in [-0.39, 0.29) is 0 Å². The second-order valence-electron chi connectivity index (χ2n) is 5.29. The molecule has 0 aliphatic heterocycles. The lowest BCUT2D eigenvalue weighted by molar-refractivity contribution is 0.550. The first kappa shape index (κ1) is 10.8. The van der Waals surface area contributed by atoms with Crippen LogP contribution in [0.1, 0.15) is 24.0 Å². The van der Waals surface area contributed by atoms with Gasteiger partial charge in [-0.3, -0.25) is 0 Å². The quantitative estimate of drug-likeness (QED) is 0.843. The molecule has 1 saturated carbocycles. The van der Waals surface area contributed by atoms with Gasteiger partial charge in [0.25, 0.3) is 0 Å². The molecule has 0 heterocycles.